The number of nitrogen functional groups attached to an aromatic ring is 1. The summed E-state index contributed by atoms with van der Waals surface area (Å²) in [5.74, 6) is 0.0443. The van der Waals surface area contributed by atoms with Crippen LogP contribution in [0.1, 0.15) is 28.8 Å². The summed E-state index contributed by atoms with van der Waals surface area (Å²) in [6, 6.07) is 5.35. The summed E-state index contributed by atoms with van der Waals surface area (Å²) in [5.41, 5.74) is 8.04. The second kappa shape index (κ2) is 4.81. The van der Waals surface area contributed by atoms with Crippen LogP contribution >= 0.6 is 0 Å². The van der Waals surface area contributed by atoms with Crippen molar-refractivity contribution in [3.63, 3.8) is 0 Å². The smallest absolute Gasteiger partial charge is 0.254 e. The summed E-state index contributed by atoms with van der Waals surface area (Å²) in [5, 5.41) is 2.87. The molecule has 0 aromatic heterocycles. The molecule has 2 heterocycles. The number of nitrogens with one attached hydrogen (secondary N) is 1. The van der Waals surface area contributed by atoms with E-state index in [9.17, 15) is 9.59 Å². The zero-order valence-electron chi connectivity index (χ0n) is 11.6. The predicted molar refractivity (Wildman–Crippen MR) is 76.1 cm³/mol. The van der Waals surface area contributed by atoms with Crippen LogP contribution in [0.25, 0.3) is 0 Å². The molecule has 2 atom stereocenters. The van der Waals surface area contributed by atoms with Crippen molar-refractivity contribution in [3.05, 3.63) is 29.3 Å². The van der Waals surface area contributed by atoms with Gasteiger partial charge in [0.15, 0.2) is 0 Å². The number of benzene rings is 1. The molecule has 2 fully saturated rings. The summed E-state index contributed by atoms with van der Waals surface area (Å²) >= 11 is 0. The van der Waals surface area contributed by atoms with Gasteiger partial charge in [-0.15, -0.1) is 0 Å². The van der Waals surface area contributed by atoms with E-state index in [-0.39, 0.29) is 23.8 Å². The van der Waals surface area contributed by atoms with Gasteiger partial charge in [-0.2, -0.15) is 0 Å². The van der Waals surface area contributed by atoms with Gasteiger partial charge in [-0.3, -0.25) is 9.59 Å². The van der Waals surface area contributed by atoms with Crippen molar-refractivity contribution in [1.29, 1.82) is 0 Å². The van der Waals surface area contributed by atoms with Crippen LogP contribution in [-0.4, -0.2) is 35.8 Å². The molecule has 0 bridgehead atoms. The van der Waals surface area contributed by atoms with Crippen molar-refractivity contribution in [1.82, 2.24) is 10.2 Å². The maximum atomic E-state index is 12.7. The Balaban J connectivity index is 1.86. The number of carbonyl (C=O) groups excluding carboxylic acids is 2. The molecule has 106 valence electrons. The molecular formula is C15H19N3O2. The van der Waals surface area contributed by atoms with Crippen molar-refractivity contribution in [3.8, 4) is 0 Å². The van der Waals surface area contributed by atoms with Gasteiger partial charge in [0.1, 0.15) is 0 Å². The first-order valence-electron chi connectivity index (χ1n) is 7.03. The highest BCUT2D eigenvalue weighted by Crippen LogP contribution is 2.29. The Labute approximate surface area is 118 Å². The van der Waals surface area contributed by atoms with E-state index < -0.39 is 0 Å². The zero-order valence-corrected chi connectivity index (χ0v) is 11.6. The van der Waals surface area contributed by atoms with Crippen LogP contribution in [0.4, 0.5) is 5.69 Å². The van der Waals surface area contributed by atoms with Gasteiger partial charge in [0.05, 0.1) is 12.0 Å². The molecule has 2 aliphatic heterocycles. The van der Waals surface area contributed by atoms with Crippen LogP contribution in [0.2, 0.25) is 0 Å². The second-order valence-corrected chi connectivity index (χ2v) is 5.63. The van der Waals surface area contributed by atoms with Gasteiger partial charge in [0, 0.05) is 24.3 Å². The molecule has 3 N–H and O–H groups in total. The fourth-order valence-electron chi connectivity index (χ4n) is 3.18. The fourth-order valence-corrected chi connectivity index (χ4v) is 3.18. The molecule has 3 rings (SSSR count). The van der Waals surface area contributed by atoms with E-state index in [1.54, 1.807) is 12.1 Å². The largest absolute Gasteiger partial charge is 0.399 e. The summed E-state index contributed by atoms with van der Waals surface area (Å²) in [7, 11) is 0. The lowest BCUT2D eigenvalue weighted by Gasteiger charge is -2.36. The van der Waals surface area contributed by atoms with Crippen LogP contribution in [0, 0.1) is 12.8 Å². The van der Waals surface area contributed by atoms with Gasteiger partial charge in [-0.05, 0) is 43.5 Å². The highest BCUT2D eigenvalue weighted by molar-refractivity contribution is 5.96. The highest BCUT2D eigenvalue weighted by Gasteiger charge is 2.42. The lowest BCUT2D eigenvalue weighted by Crippen LogP contribution is -2.48. The van der Waals surface area contributed by atoms with E-state index in [0.717, 1.165) is 24.9 Å². The Kier molecular flexibility index (Phi) is 3.12. The van der Waals surface area contributed by atoms with Gasteiger partial charge in [-0.25, -0.2) is 0 Å². The lowest BCUT2D eigenvalue weighted by molar-refractivity contribution is -0.123. The fraction of sp³-hybridized carbons (Fsp3) is 0.467. The highest BCUT2D eigenvalue weighted by atomic mass is 16.2. The summed E-state index contributed by atoms with van der Waals surface area (Å²) in [4.78, 5) is 26.2. The van der Waals surface area contributed by atoms with Crippen LogP contribution in [0.15, 0.2) is 18.2 Å². The third-order valence-electron chi connectivity index (χ3n) is 4.38. The first-order chi connectivity index (χ1) is 9.58. The maximum absolute atomic E-state index is 12.7. The van der Waals surface area contributed by atoms with Crippen LogP contribution in [-0.2, 0) is 4.79 Å². The lowest BCUT2D eigenvalue weighted by atomic mass is 9.91. The summed E-state index contributed by atoms with van der Waals surface area (Å²) in [6.45, 7) is 3.19. The first kappa shape index (κ1) is 13.0. The Hall–Kier alpha value is -2.04. The minimum absolute atomic E-state index is 0.000648. The molecule has 1 aromatic rings. The maximum Gasteiger partial charge on any atom is 0.254 e. The van der Waals surface area contributed by atoms with Gasteiger partial charge in [0.25, 0.3) is 5.91 Å². The Morgan fingerprint density at radius 1 is 1.45 bits per heavy atom. The Morgan fingerprint density at radius 2 is 2.25 bits per heavy atom. The third-order valence-corrected chi connectivity index (χ3v) is 4.38. The van der Waals surface area contributed by atoms with E-state index in [0.29, 0.717) is 17.8 Å². The number of nitrogens with zero attached hydrogens (tertiary/aromatic N) is 1. The second-order valence-electron chi connectivity index (χ2n) is 5.63. The van der Waals surface area contributed by atoms with Crippen molar-refractivity contribution in [2.45, 2.75) is 25.8 Å². The van der Waals surface area contributed by atoms with Gasteiger partial charge >= 0.3 is 0 Å². The van der Waals surface area contributed by atoms with Gasteiger partial charge in [0.2, 0.25) is 5.91 Å². The van der Waals surface area contributed by atoms with Crippen LogP contribution in [0.5, 0.6) is 0 Å². The minimum Gasteiger partial charge on any atom is -0.399 e. The molecule has 2 unspecified atom stereocenters. The minimum atomic E-state index is -0.0393. The van der Waals surface area contributed by atoms with E-state index >= 15 is 0 Å². The number of anilines is 1. The number of hydrogen-bond acceptors (Lipinski definition) is 3. The quantitative estimate of drug-likeness (QED) is 0.747. The summed E-state index contributed by atoms with van der Waals surface area (Å²) in [6.07, 6.45) is 1.76. The van der Waals surface area contributed by atoms with E-state index in [2.05, 4.69) is 5.32 Å². The predicted octanol–water partition coefficient (Wildman–Crippen LogP) is 0.928. The van der Waals surface area contributed by atoms with E-state index in [1.165, 1.54) is 0 Å². The van der Waals surface area contributed by atoms with Crippen molar-refractivity contribution < 1.29 is 9.59 Å². The third kappa shape index (κ3) is 2.03. The molecule has 2 saturated heterocycles. The molecule has 2 aliphatic rings. The van der Waals surface area contributed by atoms with Crippen LogP contribution in [0.3, 0.4) is 0 Å². The molecule has 20 heavy (non-hydrogen) atoms. The molecule has 5 nitrogen and oxygen atoms in total. The average Bonchev–Trinajstić information content (AvgIpc) is 2.83. The van der Waals surface area contributed by atoms with Gasteiger partial charge < -0.3 is 16.0 Å². The SMILES string of the molecule is Cc1cc(C(=O)N2CCCC3C(=O)NCC32)ccc1N. The number of aryl methyl sites for hydroxylation is 1. The standard InChI is InChI=1S/C15H19N3O2/c1-9-7-10(4-5-12(9)16)15(20)18-6-2-3-11-13(18)8-17-14(11)19/h4-5,7,11,13H,2-3,6,8,16H2,1H3,(H,17,19). The molecule has 0 radical (unpaired) electrons. The number of rotatable bonds is 1. The van der Waals surface area contributed by atoms with E-state index in [4.69, 9.17) is 5.73 Å². The zero-order chi connectivity index (χ0) is 14.3. The number of nitrogens with two attached hydrogens (primary N) is 1. The first-order valence-corrected chi connectivity index (χ1v) is 7.03. The monoisotopic (exact) mass is 273 g/mol. The number of amides is 2. The molecule has 0 aliphatic carbocycles. The van der Waals surface area contributed by atoms with Crippen molar-refractivity contribution >= 4 is 17.5 Å². The molecule has 0 saturated carbocycles. The van der Waals surface area contributed by atoms with Crippen molar-refractivity contribution in [2.24, 2.45) is 5.92 Å². The molecule has 1 aromatic carbocycles. The number of piperidine rings is 1. The Bertz CT molecular complexity index is 570. The molecule has 2 amide bonds. The molecule has 0 spiro atoms. The molecular weight excluding hydrogens is 254 g/mol. The number of carbonyl (C=O) groups is 2. The topological polar surface area (TPSA) is 75.4 Å². The number of fused-ring (bicyclic) bond motifs is 1. The molecule has 5 heteroatoms. The van der Waals surface area contributed by atoms with Crippen LogP contribution < -0.4 is 11.1 Å². The number of likely N-dealkylation sites (tertiary alicyclic amines) is 1. The van der Waals surface area contributed by atoms with E-state index in [1.807, 2.05) is 17.9 Å². The number of hydrogen-bond donors (Lipinski definition) is 2. The normalized spacial score (nSPS) is 25.2. The summed E-state index contributed by atoms with van der Waals surface area (Å²) < 4.78 is 0. The average molecular weight is 273 g/mol. The van der Waals surface area contributed by atoms with Gasteiger partial charge in [-0.1, -0.05) is 0 Å². The van der Waals surface area contributed by atoms with Crippen molar-refractivity contribution in [2.75, 3.05) is 18.8 Å². The Morgan fingerprint density at radius 3 is 3.00 bits per heavy atom.